The summed E-state index contributed by atoms with van der Waals surface area (Å²) < 4.78 is 5.01. The Morgan fingerprint density at radius 1 is 0.317 bits per heavy atom. The van der Waals surface area contributed by atoms with E-state index in [-0.39, 0.29) is 87.4 Å². The first kappa shape index (κ1) is 47.1. The van der Waals surface area contributed by atoms with Gasteiger partial charge in [-0.25, -0.2) is 0 Å². The molecule has 0 heterocycles. The molecule has 0 amide bonds. The third-order valence-corrected chi connectivity index (χ3v) is 8.20. The molecule has 0 rings (SSSR count). The molecule has 0 N–H and O–H groups in total. The maximum atomic E-state index is 11.9. The molecular formula is C36H74Ca2O3. The molecule has 0 fully saturated rings. The summed E-state index contributed by atoms with van der Waals surface area (Å²) in [6.07, 6.45) is 40.1. The average molecular weight is 635 g/mol. The number of hydrogen-bond donors (Lipinski definition) is 0. The molecule has 0 aliphatic carbocycles. The third-order valence-electron chi connectivity index (χ3n) is 8.20. The van der Waals surface area contributed by atoms with E-state index >= 15 is 0 Å². The molecule has 41 heavy (non-hydrogen) atoms. The van der Waals surface area contributed by atoms with E-state index in [1.165, 1.54) is 167 Å². The van der Waals surface area contributed by atoms with Crippen LogP contribution in [0.5, 0.6) is 0 Å². The van der Waals surface area contributed by atoms with E-state index in [0.29, 0.717) is 12.8 Å². The molecule has 0 aliphatic heterocycles. The van der Waals surface area contributed by atoms with Gasteiger partial charge in [0, 0.05) is 12.8 Å². The SMILES string of the molecule is CCCCCCCCCCCCCCCCCC(=O)OC(=O)CCCCCCCCCCCCCCCCC.[CaH2].[CaH2]. The summed E-state index contributed by atoms with van der Waals surface area (Å²) in [6, 6.07) is 0. The monoisotopic (exact) mass is 634 g/mol. The second-order valence-corrected chi connectivity index (χ2v) is 12.2. The zero-order valence-corrected chi connectivity index (χ0v) is 26.9. The molecule has 0 spiro atoms. The first-order chi connectivity index (χ1) is 19.2. The number of ether oxygens (including phenoxy) is 1. The van der Waals surface area contributed by atoms with Crippen LogP contribution in [-0.2, 0) is 14.3 Å². The Labute approximate surface area is 317 Å². The van der Waals surface area contributed by atoms with Crippen molar-refractivity contribution < 1.29 is 14.3 Å². The number of unbranched alkanes of at least 4 members (excludes halogenated alkanes) is 28. The molecule has 0 bridgehead atoms. The van der Waals surface area contributed by atoms with Crippen LogP contribution < -0.4 is 0 Å². The second-order valence-electron chi connectivity index (χ2n) is 12.2. The van der Waals surface area contributed by atoms with Crippen LogP contribution in [-0.4, -0.2) is 87.4 Å². The van der Waals surface area contributed by atoms with Gasteiger partial charge in [-0.15, -0.1) is 0 Å². The summed E-state index contributed by atoms with van der Waals surface area (Å²) in [5.41, 5.74) is 0. The van der Waals surface area contributed by atoms with Crippen molar-refractivity contribution in [2.45, 2.75) is 219 Å². The van der Waals surface area contributed by atoms with Crippen molar-refractivity contribution in [3.8, 4) is 0 Å². The van der Waals surface area contributed by atoms with Gasteiger partial charge in [-0.05, 0) is 12.8 Å². The first-order valence-electron chi connectivity index (χ1n) is 17.9. The molecule has 240 valence electrons. The van der Waals surface area contributed by atoms with E-state index in [4.69, 9.17) is 4.74 Å². The molecule has 0 unspecified atom stereocenters. The van der Waals surface area contributed by atoms with Gasteiger partial charge in [-0.3, -0.25) is 9.59 Å². The van der Waals surface area contributed by atoms with E-state index in [2.05, 4.69) is 13.8 Å². The number of rotatable bonds is 32. The van der Waals surface area contributed by atoms with Crippen LogP contribution in [0.1, 0.15) is 219 Å². The van der Waals surface area contributed by atoms with Gasteiger partial charge in [0.1, 0.15) is 0 Å². The average Bonchev–Trinajstić information content (AvgIpc) is 2.93. The van der Waals surface area contributed by atoms with Crippen LogP contribution in [0.25, 0.3) is 0 Å². The van der Waals surface area contributed by atoms with Crippen LogP contribution in [0, 0.1) is 0 Å². The molecule has 0 aliphatic rings. The summed E-state index contributed by atoms with van der Waals surface area (Å²) in [5.74, 6) is -0.647. The van der Waals surface area contributed by atoms with Crippen molar-refractivity contribution in [3.63, 3.8) is 0 Å². The minimum atomic E-state index is -0.323. The zero-order valence-electron chi connectivity index (χ0n) is 26.9. The molecule has 0 saturated heterocycles. The van der Waals surface area contributed by atoms with E-state index in [1.807, 2.05) is 0 Å². The fourth-order valence-corrected chi connectivity index (χ4v) is 5.51. The molecular weight excluding hydrogens is 561 g/mol. The van der Waals surface area contributed by atoms with E-state index in [0.717, 1.165) is 25.7 Å². The maximum absolute atomic E-state index is 11.9. The van der Waals surface area contributed by atoms with Crippen molar-refractivity contribution >= 4 is 87.4 Å². The van der Waals surface area contributed by atoms with E-state index in [9.17, 15) is 9.59 Å². The second kappa shape index (κ2) is 41.7. The summed E-state index contributed by atoms with van der Waals surface area (Å²) in [7, 11) is 0. The zero-order chi connectivity index (χ0) is 28.5. The first-order valence-corrected chi connectivity index (χ1v) is 17.9. The van der Waals surface area contributed by atoms with Gasteiger partial charge in [-0.1, -0.05) is 194 Å². The summed E-state index contributed by atoms with van der Waals surface area (Å²) in [6.45, 7) is 4.55. The summed E-state index contributed by atoms with van der Waals surface area (Å²) in [5, 5.41) is 0. The summed E-state index contributed by atoms with van der Waals surface area (Å²) in [4.78, 5) is 23.8. The Morgan fingerprint density at radius 3 is 0.683 bits per heavy atom. The van der Waals surface area contributed by atoms with E-state index in [1.54, 1.807) is 0 Å². The van der Waals surface area contributed by atoms with Gasteiger partial charge in [0.15, 0.2) is 0 Å². The fourth-order valence-electron chi connectivity index (χ4n) is 5.51. The molecule has 0 aromatic carbocycles. The molecule has 0 aromatic heterocycles. The minimum absolute atomic E-state index is 0. The standard InChI is InChI=1S/C36H70O3.2Ca.4H/c1-3-5-7-9-11-13-15-17-19-21-23-25-27-29-31-33-35(37)39-36(38)34-32-30-28-26-24-22-20-18-16-14-12-10-8-6-4-2;;;;;;/h3-34H2,1-2H3;;;;;;. The molecule has 0 radical (unpaired) electrons. The van der Waals surface area contributed by atoms with Crippen LogP contribution in [0.3, 0.4) is 0 Å². The van der Waals surface area contributed by atoms with Gasteiger partial charge in [0.05, 0.1) is 0 Å². The molecule has 5 heteroatoms. The Balaban J connectivity index is -0.00000722. The third kappa shape index (κ3) is 41.7. The van der Waals surface area contributed by atoms with Gasteiger partial charge in [-0.2, -0.15) is 0 Å². The number of hydrogen-bond acceptors (Lipinski definition) is 3. The Bertz CT molecular complexity index is 469. The summed E-state index contributed by atoms with van der Waals surface area (Å²) >= 11 is 0. The Hall–Kier alpha value is 1.66. The van der Waals surface area contributed by atoms with Gasteiger partial charge in [0.2, 0.25) is 0 Å². The fraction of sp³-hybridized carbons (Fsp3) is 0.944. The predicted octanol–water partition coefficient (Wildman–Crippen LogP) is 10.7. The predicted molar refractivity (Wildman–Crippen MR) is 187 cm³/mol. The van der Waals surface area contributed by atoms with Crippen LogP contribution in [0.4, 0.5) is 0 Å². The number of carbonyl (C=O) groups is 2. The topological polar surface area (TPSA) is 43.4 Å². The quantitative estimate of drug-likeness (QED) is 0.0320. The molecule has 0 atom stereocenters. The number of esters is 2. The normalized spacial score (nSPS) is 10.7. The van der Waals surface area contributed by atoms with Crippen molar-refractivity contribution in [1.82, 2.24) is 0 Å². The van der Waals surface area contributed by atoms with Gasteiger partial charge in [0.25, 0.3) is 0 Å². The van der Waals surface area contributed by atoms with Crippen molar-refractivity contribution in [2.75, 3.05) is 0 Å². The van der Waals surface area contributed by atoms with Crippen LogP contribution in [0.2, 0.25) is 0 Å². The van der Waals surface area contributed by atoms with Crippen molar-refractivity contribution in [2.24, 2.45) is 0 Å². The van der Waals surface area contributed by atoms with E-state index < -0.39 is 0 Å². The Kier molecular flexibility index (Phi) is 47.8. The molecule has 0 saturated carbocycles. The van der Waals surface area contributed by atoms with Crippen molar-refractivity contribution in [1.29, 1.82) is 0 Å². The van der Waals surface area contributed by atoms with Crippen molar-refractivity contribution in [3.05, 3.63) is 0 Å². The molecule has 3 nitrogen and oxygen atoms in total. The van der Waals surface area contributed by atoms with Gasteiger partial charge >= 0.3 is 87.4 Å². The Morgan fingerprint density at radius 2 is 0.488 bits per heavy atom. The van der Waals surface area contributed by atoms with Crippen LogP contribution >= 0.6 is 0 Å². The number of carbonyl (C=O) groups excluding carboxylic acids is 2. The van der Waals surface area contributed by atoms with Gasteiger partial charge < -0.3 is 4.74 Å². The molecule has 0 aromatic rings. The van der Waals surface area contributed by atoms with Crippen LogP contribution in [0.15, 0.2) is 0 Å².